The molecule has 2 nitrogen and oxygen atoms in total. The smallest absolute Gasteiger partial charge is 0.416 e. The fourth-order valence-electron chi connectivity index (χ4n) is 3.26. The van der Waals surface area contributed by atoms with E-state index in [2.05, 4.69) is 0 Å². The van der Waals surface area contributed by atoms with Crippen molar-refractivity contribution in [2.24, 2.45) is 5.73 Å². The summed E-state index contributed by atoms with van der Waals surface area (Å²) in [5, 5.41) is 0.0282. The third kappa shape index (κ3) is 4.87. The number of nitrogens with two attached hydrogens (primary N) is 1. The molecule has 29 heavy (non-hydrogen) atoms. The minimum Gasteiger partial charge on any atom is -0.488 e. The van der Waals surface area contributed by atoms with Gasteiger partial charge >= 0.3 is 6.18 Å². The van der Waals surface area contributed by atoms with Crippen LogP contribution in [0.4, 0.5) is 26.3 Å². The first-order chi connectivity index (χ1) is 13.6. The summed E-state index contributed by atoms with van der Waals surface area (Å²) in [6.45, 7) is -0.0539. The van der Waals surface area contributed by atoms with E-state index in [1.54, 1.807) is 6.08 Å². The molecule has 0 aliphatic heterocycles. The fraction of sp³-hybridized carbons (Fsp3) is 0.300. The van der Waals surface area contributed by atoms with Gasteiger partial charge in [-0.25, -0.2) is 13.2 Å². The lowest BCUT2D eigenvalue weighted by molar-refractivity contribution is -0.137. The van der Waals surface area contributed by atoms with Gasteiger partial charge in [-0.15, -0.1) is 0 Å². The summed E-state index contributed by atoms with van der Waals surface area (Å²) >= 11 is 5.90. The van der Waals surface area contributed by atoms with Gasteiger partial charge in [0.05, 0.1) is 10.6 Å². The maximum Gasteiger partial charge on any atom is 0.416 e. The molecule has 0 spiro atoms. The maximum absolute atomic E-state index is 14.0. The molecule has 156 valence electrons. The highest BCUT2D eigenvalue weighted by atomic mass is 35.5. The van der Waals surface area contributed by atoms with Crippen molar-refractivity contribution in [3.05, 3.63) is 75.6 Å². The zero-order valence-electron chi connectivity index (χ0n) is 14.9. The second-order valence-electron chi connectivity index (χ2n) is 6.79. The molecule has 0 radical (unpaired) electrons. The number of ether oxygens (including phenoxy) is 1. The van der Waals surface area contributed by atoms with E-state index >= 15 is 0 Å². The van der Waals surface area contributed by atoms with E-state index in [-0.39, 0.29) is 35.8 Å². The Morgan fingerprint density at radius 1 is 1.03 bits per heavy atom. The van der Waals surface area contributed by atoms with Gasteiger partial charge in [-0.3, -0.25) is 0 Å². The Hall–Kier alpha value is -2.19. The largest absolute Gasteiger partial charge is 0.488 e. The summed E-state index contributed by atoms with van der Waals surface area (Å²) in [5.41, 5.74) is 5.86. The van der Waals surface area contributed by atoms with E-state index in [4.69, 9.17) is 22.1 Å². The average Bonchev–Trinajstić information content (AvgIpc) is 2.63. The number of hydrogen-bond acceptors (Lipinski definition) is 2. The van der Waals surface area contributed by atoms with Crippen LogP contribution in [-0.2, 0) is 6.18 Å². The standard InChI is InChI=1S/C20H16ClF6NO/c21-14-4-2-11(20(25,26)27)6-19(14)29-9-10-1-3-12(18(28)5-10)13-7-16(23)17(24)8-15(13)22/h1-2,4,6-8,12,18H,3,5,9,28H2. The number of hydrogen-bond donors (Lipinski definition) is 1. The predicted molar refractivity (Wildman–Crippen MR) is 96.3 cm³/mol. The summed E-state index contributed by atoms with van der Waals surface area (Å²) in [6, 6.07) is 3.44. The number of halogens is 7. The van der Waals surface area contributed by atoms with E-state index in [0.717, 1.165) is 24.3 Å². The first kappa shape index (κ1) is 21.5. The molecule has 2 aromatic carbocycles. The molecular weight excluding hydrogens is 420 g/mol. The number of rotatable bonds is 4. The molecule has 3 rings (SSSR count). The third-order valence-corrected chi connectivity index (χ3v) is 5.10. The maximum atomic E-state index is 14.0. The lowest BCUT2D eigenvalue weighted by atomic mass is 9.81. The Bertz CT molecular complexity index is 943. The molecule has 0 heterocycles. The zero-order chi connectivity index (χ0) is 21.3. The van der Waals surface area contributed by atoms with Crippen LogP contribution in [0, 0.1) is 17.5 Å². The zero-order valence-corrected chi connectivity index (χ0v) is 15.6. The lowest BCUT2D eigenvalue weighted by Crippen LogP contribution is -2.33. The molecule has 0 saturated heterocycles. The minimum atomic E-state index is -4.53. The first-order valence-corrected chi connectivity index (χ1v) is 9.01. The highest BCUT2D eigenvalue weighted by molar-refractivity contribution is 6.32. The van der Waals surface area contributed by atoms with Crippen LogP contribution in [-0.4, -0.2) is 12.6 Å². The van der Waals surface area contributed by atoms with Gasteiger partial charge in [0.2, 0.25) is 0 Å². The van der Waals surface area contributed by atoms with Crippen molar-refractivity contribution in [1.29, 1.82) is 0 Å². The van der Waals surface area contributed by atoms with Crippen LogP contribution >= 0.6 is 11.6 Å². The Morgan fingerprint density at radius 2 is 1.72 bits per heavy atom. The normalized spacial score (nSPS) is 19.8. The van der Waals surface area contributed by atoms with Crippen molar-refractivity contribution in [1.82, 2.24) is 0 Å². The lowest BCUT2D eigenvalue weighted by Gasteiger charge is -2.29. The summed E-state index contributed by atoms with van der Waals surface area (Å²) in [6.07, 6.45) is -2.33. The first-order valence-electron chi connectivity index (χ1n) is 8.63. The Kier molecular flexibility index (Phi) is 6.14. The molecule has 0 saturated carbocycles. The topological polar surface area (TPSA) is 35.2 Å². The Balaban J connectivity index is 1.72. The molecule has 1 aliphatic carbocycles. The summed E-state index contributed by atoms with van der Waals surface area (Å²) in [7, 11) is 0. The number of alkyl halides is 3. The van der Waals surface area contributed by atoms with Crippen molar-refractivity contribution in [3.63, 3.8) is 0 Å². The molecule has 2 atom stereocenters. The van der Waals surface area contributed by atoms with Crippen molar-refractivity contribution in [2.45, 2.75) is 31.0 Å². The van der Waals surface area contributed by atoms with E-state index in [1.165, 1.54) is 0 Å². The van der Waals surface area contributed by atoms with Crippen molar-refractivity contribution in [2.75, 3.05) is 6.61 Å². The van der Waals surface area contributed by atoms with Gasteiger partial charge < -0.3 is 10.5 Å². The molecule has 0 fully saturated rings. The van der Waals surface area contributed by atoms with Gasteiger partial charge in [-0.2, -0.15) is 13.2 Å². The van der Waals surface area contributed by atoms with E-state index in [0.29, 0.717) is 11.6 Å². The second kappa shape index (κ2) is 8.28. The van der Waals surface area contributed by atoms with Crippen LogP contribution in [0.25, 0.3) is 0 Å². The molecule has 0 amide bonds. The summed E-state index contributed by atoms with van der Waals surface area (Å²) in [4.78, 5) is 0. The van der Waals surface area contributed by atoms with Gasteiger partial charge in [-0.05, 0) is 48.2 Å². The SMILES string of the molecule is NC1CC(COc2cc(C(F)(F)F)ccc2Cl)=CCC1c1cc(F)c(F)cc1F. The highest BCUT2D eigenvalue weighted by Gasteiger charge is 2.31. The molecule has 2 unspecified atom stereocenters. The number of benzene rings is 2. The molecule has 2 aromatic rings. The van der Waals surface area contributed by atoms with Crippen LogP contribution in [0.5, 0.6) is 5.75 Å². The second-order valence-corrected chi connectivity index (χ2v) is 7.20. The molecule has 0 bridgehead atoms. The van der Waals surface area contributed by atoms with Crippen LogP contribution in [0.3, 0.4) is 0 Å². The third-order valence-electron chi connectivity index (χ3n) is 4.79. The van der Waals surface area contributed by atoms with Crippen LogP contribution in [0.15, 0.2) is 42.0 Å². The van der Waals surface area contributed by atoms with Crippen LogP contribution in [0.1, 0.15) is 29.9 Å². The van der Waals surface area contributed by atoms with Gasteiger partial charge in [0.1, 0.15) is 18.2 Å². The number of allylic oxidation sites excluding steroid dienone is 1. The molecule has 1 aliphatic rings. The van der Waals surface area contributed by atoms with Gasteiger partial charge in [-0.1, -0.05) is 17.7 Å². The fourth-order valence-corrected chi connectivity index (χ4v) is 3.43. The molecule has 0 aromatic heterocycles. The summed E-state index contributed by atoms with van der Waals surface area (Å²) < 4.78 is 84.5. The van der Waals surface area contributed by atoms with Gasteiger partial charge in [0.15, 0.2) is 11.6 Å². The van der Waals surface area contributed by atoms with Crippen molar-refractivity contribution >= 4 is 11.6 Å². The predicted octanol–water partition coefficient (Wildman–Crippen LogP) is 5.99. The van der Waals surface area contributed by atoms with Crippen molar-refractivity contribution < 1.29 is 31.1 Å². The molecule has 2 N–H and O–H groups in total. The average molecular weight is 436 g/mol. The van der Waals surface area contributed by atoms with Crippen LogP contribution in [0.2, 0.25) is 5.02 Å². The van der Waals surface area contributed by atoms with Crippen LogP contribution < -0.4 is 10.5 Å². The van der Waals surface area contributed by atoms with E-state index in [9.17, 15) is 26.3 Å². The van der Waals surface area contributed by atoms with Crippen molar-refractivity contribution in [3.8, 4) is 5.75 Å². The minimum absolute atomic E-state index is 0.0199. The molecular formula is C20H16ClF6NO. The Labute approximate surface area is 167 Å². The Morgan fingerprint density at radius 3 is 2.38 bits per heavy atom. The van der Waals surface area contributed by atoms with Gasteiger partial charge in [0.25, 0.3) is 0 Å². The van der Waals surface area contributed by atoms with E-state index in [1.807, 2.05) is 0 Å². The van der Waals surface area contributed by atoms with Gasteiger partial charge in [0, 0.05) is 18.0 Å². The summed E-state index contributed by atoms with van der Waals surface area (Å²) in [5.74, 6) is -4.01. The quantitative estimate of drug-likeness (QED) is 0.364. The highest BCUT2D eigenvalue weighted by Crippen LogP contribution is 2.37. The molecule has 9 heteroatoms. The monoisotopic (exact) mass is 435 g/mol. The van der Waals surface area contributed by atoms with E-state index < -0.39 is 41.2 Å².